The molecule has 0 aliphatic carbocycles. The van der Waals surface area contributed by atoms with Crippen molar-refractivity contribution in [1.29, 1.82) is 0 Å². The highest BCUT2D eigenvalue weighted by Crippen LogP contribution is 2.31. The molecule has 0 amide bonds. The summed E-state index contributed by atoms with van der Waals surface area (Å²) in [5, 5.41) is 4.64. The van der Waals surface area contributed by atoms with Crippen LogP contribution in [0.1, 0.15) is 24.3 Å². The average Bonchev–Trinajstić information content (AvgIpc) is 2.90. The maximum absolute atomic E-state index is 13.3. The first-order valence-corrected chi connectivity index (χ1v) is 8.13. The Morgan fingerprint density at radius 3 is 3.05 bits per heavy atom. The molecular weight excluding hydrogens is 309 g/mol. The second-order valence-corrected chi connectivity index (χ2v) is 6.88. The summed E-state index contributed by atoms with van der Waals surface area (Å²) in [4.78, 5) is 7.27. The van der Waals surface area contributed by atoms with Gasteiger partial charge in [-0.05, 0) is 44.0 Å². The fourth-order valence-electron chi connectivity index (χ4n) is 3.51. The van der Waals surface area contributed by atoms with Crippen LogP contribution >= 0.6 is 23.7 Å². The molecule has 3 heterocycles. The quantitative estimate of drug-likeness (QED) is 0.918. The standard InChI is InChI=1S/C15H18FN3S.ClH/c16-10-1-4-13-14(7-10)20-15(18-13)9-19-11-2-3-12(19)8-17-6-5-11;/h1,4,7,11-12,17H,2-3,5-6,8-9H2;1H. The number of thiazole rings is 1. The molecule has 0 saturated carbocycles. The second-order valence-electron chi connectivity index (χ2n) is 5.77. The van der Waals surface area contributed by atoms with Gasteiger partial charge in [0.05, 0.1) is 16.8 Å². The number of hydrogen-bond donors (Lipinski definition) is 1. The van der Waals surface area contributed by atoms with Crippen LogP contribution in [0.25, 0.3) is 10.2 Å². The molecule has 2 saturated heterocycles. The van der Waals surface area contributed by atoms with E-state index in [0.717, 1.165) is 34.9 Å². The van der Waals surface area contributed by atoms with E-state index in [2.05, 4.69) is 15.2 Å². The minimum absolute atomic E-state index is 0. The van der Waals surface area contributed by atoms with Gasteiger partial charge in [-0.2, -0.15) is 0 Å². The van der Waals surface area contributed by atoms with E-state index in [9.17, 15) is 4.39 Å². The van der Waals surface area contributed by atoms with Crippen molar-refractivity contribution < 1.29 is 4.39 Å². The van der Waals surface area contributed by atoms with Gasteiger partial charge in [-0.1, -0.05) is 0 Å². The Hall–Kier alpha value is -0.750. The van der Waals surface area contributed by atoms with Crippen molar-refractivity contribution in [2.24, 2.45) is 0 Å². The molecule has 0 spiro atoms. The Bertz CT molecular complexity index is 618. The number of benzene rings is 1. The zero-order chi connectivity index (χ0) is 13.5. The van der Waals surface area contributed by atoms with Gasteiger partial charge in [0, 0.05) is 18.6 Å². The van der Waals surface area contributed by atoms with Gasteiger partial charge < -0.3 is 5.32 Å². The van der Waals surface area contributed by atoms with Crippen LogP contribution in [0, 0.1) is 5.82 Å². The van der Waals surface area contributed by atoms with E-state index < -0.39 is 0 Å². The highest BCUT2D eigenvalue weighted by molar-refractivity contribution is 7.18. The molecule has 2 aliphatic heterocycles. The Balaban J connectivity index is 0.00000132. The molecule has 2 unspecified atom stereocenters. The molecule has 2 bridgehead atoms. The van der Waals surface area contributed by atoms with E-state index in [4.69, 9.17) is 0 Å². The van der Waals surface area contributed by atoms with Crippen LogP contribution in [0.2, 0.25) is 0 Å². The molecule has 114 valence electrons. The molecule has 2 aromatic rings. The first-order chi connectivity index (χ1) is 9.79. The van der Waals surface area contributed by atoms with Crippen molar-refractivity contribution in [1.82, 2.24) is 15.2 Å². The molecule has 2 aliphatic rings. The Kier molecular flexibility index (Phi) is 4.45. The minimum Gasteiger partial charge on any atom is -0.315 e. The van der Waals surface area contributed by atoms with Gasteiger partial charge in [0.15, 0.2) is 0 Å². The largest absolute Gasteiger partial charge is 0.315 e. The van der Waals surface area contributed by atoms with Gasteiger partial charge in [-0.15, -0.1) is 23.7 Å². The third-order valence-corrected chi connectivity index (χ3v) is 5.52. The summed E-state index contributed by atoms with van der Waals surface area (Å²) in [6.45, 7) is 3.14. The van der Waals surface area contributed by atoms with Crippen LogP contribution in [0.3, 0.4) is 0 Å². The summed E-state index contributed by atoms with van der Waals surface area (Å²) in [6.07, 6.45) is 3.83. The van der Waals surface area contributed by atoms with Crippen LogP contribution in [-0.2, 0) is 6.54 Å². The number of aromatic nitrogens is 1. The lowest BCUT2D eigenvalue weighted by molar-refractivity contribution is 0.193. The highest BCUT2D eigenvalue weighted by Gasteiger charge is 2.35. The summed E-state index contributed by atoms with van der Waals surface area (Å²) in [6, 6.07) is 6.20. The van der Waals surface area contributed by atoms with E-state index in [1.54, 1.807) is 23.5 Å². The zero-order valence-corrected chi connectivity index (χ0v) is 13.4. The lowest BCUT2D eigenvalue weighted by Gasteiger charge is -2.26. The lowest BCUT2D eigenvalue weighted by atomic mass is 10.1. The smallest absolute Gasteiger partial charge is 0.124 e. The first kappa shape index (κ1) is 15.2. The molecule has 3 nitrogen and oxygen atoms in total. The Morgan fingerprint density at radius 1 is 1.29 bits per heavy atom. The van der Waals surface area contributed by atoms with E-state index >= 15 is 0 Å². The summed E-state index contributed by atoms with van der Waals surface area (Å²) >= 11 is 1.63. The number of halogens is 2. The maximum atomic E-state index is 13.3. The van der Waals surface area contributed by atoms with Crippen molar-refractivity contribution in [2.45, 2.75) is 37.9 Å². The van der Waals surface area contributed by atoms with E-state index in [1.807, 2.05) is 0 Å². The van der Waals surface area contributed by atoms with Gasteiger partial charge in [-0.3, -0.25) is 4.90 Å². The molecule has 0 radical (unpaired) electrons. The van der Waals surface area contributed by atoms with Crippen molar-refractivity contribution in [2.75, 3.05) is 13.1 Å². The fraction of sp³-hybridized carbons (Fsp3) is 0.533. The van der Waals surface area contributed by atoms with E-state index in [1.165, 1.54) is 25.3 Å². The van der Waals surface area contributed by atoms with Crippen LogP contribution in [0.5, 0.6) is 0 Å². The normalized spacial score (nSPS) is 25.8. The third kappa shape index (κ3) is 2.93. The van der Waals surface area contributed by atoms with Gasteiger partial charge in [-0.25, -0.2) is 9.37 Å². The number of nitrogens with one attached hydrogen (secondary N) is 1. The van der Waals surface area contributed by atoms with Crippen LogP contribution in [0.15, 0.2) is 18.2 Å². The molecule has 1 N–H and O–H groups in total. The highest BCUT2D eigenvalue weighted by atomic mass is 35.5. The van der Waals surface area contributed by atoms with Crippen molar-refractivity contribution in [3.8, 4) is 0 Å². The SMILES string of the molecule is Cl.Fc1ccc2nc(CN3C4CCNCC3CC4)sc2c1. The summed E-state index contributed by atoms with van der Waals surface area (Å²) in [5.74, 6) is -0.174. The summed E-state index contributed by atoms with van der Waals surface area (Å²) in [5.41, 5.74) is 0.923. The molecule has 2 atom stereocenters. The molecule has 1 aromatic carbocycles. The van der Waals surface area contributed by atoms with Gasteiger partial charge >= 0.3 is 0 Å². The second kappa shape index (κ2) is 6.16. The van der Waals surface area contributed by atoms with Crippen molar-refractivity contribution >= 4 is 34.0 Å². The Labute approximate surface area is 134 Å². The van der Waals surface area contributed by atoms with Crippen LogP contribution in [0.4, 0.5) is 4.39 Å². The minimum atomic E-state index is -0.174. The van der Waals surface area contributed by atoms with Crippen LogP contribution in [-0.4, -0.2) is 35.1 Å². The molecule has 21 heavy (non-hydrogen) atoms. The molecule has 2 fully saturated rings. The lowest BCUT2D eigenvalue weighted by Crippen LogP contribution is -2.37. The van der Waals surface area contributed by atoms with Crippen molar-refractivity contribution in [3.05, 3.63) is 29.0 Å². The molecular formula is C15H19ClFN3S. The van der Waals surface area contributed by atoms with Crippen molar-refractivity contribution in [3.63, 3.8) is 0 Å². The van der Waals surface area contributed by atoms with E-state index in [-0.39, 0.29) is 18.2 Å². The zero-order valence-electron chi connectivity index (χ0n) is 11.7. The van der Waals surface area contributed by atoms with Gasteiger partial charge in [0.1, 0.15) is 10.8 Å². The summed E-state index contributed by atoms with van der Waals surface area (Å²) in [7, 11) is 0. The predicted molar refractivity (Wildman–Crippen MR) is 86.7 cm³/mol. The summed E-state index contributed by atoms with van der Waals surface area (Å²) < 4.78 is 14.2. The molecule has 4 rings (SSSR count). The molecule has 1 aromatic heterocycles. The fourth-order valence-corrected chi connectivity index (χ4v) is 4.51. The topological polar surface area (TPSA) is 28.2 Å². The molecule has 6 heteroatoms. The van der Waals surface area contributed by atoms with Crippen LogP contribution < -0.4 is 5.32 Å². The third-order valence-electron chi connectivity index (χ3n) is 4.52. The maximum Gasteiger partial charge on any atom is 0.124 e. The van der Waals surface area contributed by atoms with Gasteiger partial charge in [0.2, 0.25) is 0 Å². The predicted octanol–water partition coefficient (Wildman–Crippen LogP) is 3.18. The number of nitrogens with zero attached hydrogens (tertiary/aromatic N) is 2. The number of hydrogen-bond acceptors (Lipinski definition) is 4. The number of fused-ring (bicyclic) bond motifs is 3. The number of rotatable bonds is 2. The first-order valence-electron chi connectivity index (χ1n) is 7.31. The van der Waals surface area contributed by atoms with E-state index in [0.29, 0.717) is 12.1 Å². The Morgan fingerprint density at radius 2 is 2.14 bits per heavy atom. The van der Waals surface area contributed by atoms with Gasteiger partial charge in [0.25, 0.3) is 0 Å². The average molecular weight is 328 g/mol. The monoisotopic (exact) mass is 327 g/mol.